The van der Waals surface area contributed by atoms with E-state index in [0.29, 0.717) is 0 Å². The summed E-state index contributed by atoms with van der Waals surface area (Å²) in [7, 11) is -125. The van der Waals surface area contributed by atoms with E-state index >= 15 is 0 Å². The van der Waals surface area contributed by atoms with Crippen LogP contribution in [0.4, 0.5) is 0 Å². The van der Waals surface area contributed by atoms with E-state index in [0.717, 1.165) is 0 Å². The average molecular weight is 2680 g/mol. The summed E-state index contributed by atoms with van der Waals surface area (Å²) in [5.41, 5.74) is 0. The quantitative estimate of drug-likeness (QED) is 0.0791. The second-order valence-corrected chi connectivity index (χ2v) is 41.5. The van der Waals surface area contributed by atoms with Crippen LogP contribution >= 0.6 is 211 Å². The fourth-order valence-electron chi connectivity index (χ4n) is 0. The van der Waals surface area contributed by atoms with Gasteiger partial charge >= 0.3 is 255 Å². The Bertz CT molecular complexity index is 2640. The molecule has 0 aliphatic heterocycles. The van der Waals surface area contributed by atoms with Crippen molar-refractivity contribution < 1.29 is 571 Å². The minimum absolute atomic E-state index is 0. The predicted molar refractivity (Wildman–Crippen MR) is 383 cm³/mol. The molecule has 0 unspecified atom stereocenters. The first-order valence-electron chi connectivity index (χ1n) is 21.1. The zero-order valence-corrected chi connectivity index (χ0v) is 87.6. The fourth-order valence-corrected chi connectivity index (χ4v) is 0. The SMILES string of the molecule is O=P(O)(O)O.O=P(O)(O)O.O=P(O)(O)O.O=P(O)(O)O.O=P(O)(O)O.O=P(O)(O)O.O=P(O)(O)O.O=P(O)(O)O.O=P(O)(O)O.O=P(O)(O)O.O=P(O)(O)O.O=P(O)(O)O.O=P(O)(O)O.O=P(O)(O)O.O=P(O)(O)O.O=P(O)(O)O.O=P(O)(O)O.O=P(O)(O)O.O=P(O)(O)O.O=P(O)(O)O.O=P(O)(O)O.O=P(O)(O)O.O=P(O)(O)O.O=P(O)(O)O.O=P(O)(O)O.O=P(O)(O)O.O=P([O-])(O)O.[K+]. The summed E-state index contributed by atoms with van der Waals surface area (Å²) in [6.45, 7) is 0. The normalized spacial score (nSPS) is 11.7. The van der Waals surface area contributed by atoms with Crippen molar-refractivity contribution in [1.29, 1.82) is 0 Å². The Hall–Kier alpha value is 4.61. The Labute approximate surface area is 778 Å². The number of hydrogen-bond donors (Lipinski definition) is 80. The molecule has 108 nitrogen and oxygen atoms in total. The topological polar surface area (TPSA) is 2100 Å². The summed E-state index contributed by atoms with van der Waals surface area (Å²) in [6.07, 6.45) is 0. The van der Waals surface area contributed by atoms with Crippen LogP contribution in [0.25, 0.3) is 0 Å². The van der Waals surface area contributed by atoms with E-state index in [9.17, 15) is 0 Å². The molecule has 0 amide bonds. The largest absolute Gasteiger partial charge is 1.00 e. The van der Waals surface area contributed by atoms with Gasteiger partial charge < -0.3 is 396 Å². The molecule has 0 atom stereocenters. The van der Waals surface area contributed by atoms with E-state index in [1.165, 1.54) is 0 Å². The summed E-state index contributed by atoms with van der Waals surface area (Å²) in [6, 6.07) is 0. The second kappa shape index (κ2) is 96.6. The number of hydrogen-bond acceptors (Lipinski definition) is 28. The maximum atomic E-state index is 8.88. The molecule has 80 N–H and O–H groups in total. The van der Waals surface area contributed by atoms with Crippen molar-refractivity contribution in [2.24, 2.45) is 0 Å². The van der Waals surface area contributed by atoms with Gasteiger partial charge in [-0.2, -0.15) is 0 Å². The van der Waals surface area contributed by atoms with E-state index in [1.54, 1.807) is 0 Å². The van der Waals surface area contributed by atoms with Gasteiger partial charge in [-0.3, -0.25) is 4.57 Å². The third kappa shape index (κ3) is 124000. The Morgan fingerprint density at radius 3 is 0.0735 bits per heavy atom. The molecule has 864 valence electrons. The van der Waals surface area contributed by atoms with Gasteiger partial charge in [-0.1, -0.05) is 0 Å². The van der Waals surface area contributed by atoms with Crippen molar-refractivity contribution in [3.63, 3.8) is 0 Å². The van der Waals surface area contributed by atoms with Crippen LogP contribution < -0.4 is 56.3 Å². The van der Waals surface area contributed by atoms with Gasteiger partial charge in [0.2, 0.25) is 0 Å². The van der Waals surface area contributed by atoms with E-state index in [2.05, 4.69) is 0 Å². The van der Waals surface area contributed by atoms with Crippen LogP contribution in [0.15, 0.2) is 0 Å². The van der Waals surface area contributed by atoms with Crippen molar-refractivity contribution >= 4 is 211 Å². The van der Waals surface area contributed by atoms with Crippen molar-refractivity contribution in [3.05, 3.63) is 0 Å². The van der Waals surface area contributed by atoms with Crippen LogP contribution in [-0.4, -0.2) is 391 Å². The minimum atomic E-state index is -4.89. The van der Waals surface area contributed by atoms with Crippen molar-refractivity contribution in [2.75, 3.05) is 0 Å². The molecule has 0 rings (SSSR count). The molecular formula is H80KO108P27. The molecule has 0 aromatic rings. The van der Waals surface area contributed by atoms with Gasteiger partial charge in [0.15, 0.2) is 0 Å². The molecule has 0 saturated carbocycles. The summed E-state index contributed by atoms with van der Waals surface area (Å²) in [5.74, 6) is 0. The smallest absolute Gasteiger partial charge is 0.756 e. The van der Waals surface area contributed by atoms with Gasteiger partial charge in [0, 0.05) is 0 Å². The number of rotatable bonds is 0. The maximum absolute atomic E-state index is 8.88. The Balaban J connectivity index is -0.0000000342. The average Bonchev–Trinajstić information content (AvgIpc) is 3.09. The molecule has 136 heteroatoms. The molecule has 0 aromatic carbocycles. The van der Waals surface area contributed by atoms with Gasteiger partial charge in [-0.25, -0.2) is 119 Å². The molecule has 0 bridgehead atoms. The Morgan fingerprint density at radius 2 is 0.0735 bits per heavy atom. The van der Waals surface area contributed by atoms with Crippen LogP contribution in [-0.2, 0) is 123 Å². The Morgan fingerprint density at radius 1 is 0.0735 bits per heavy atom. The van der Waals surface area contributed by atoms with Crippen molar-refractivity contribution in [2.45, 2.75) is 0 Å². The van der Waals surface area contributed by atoms with Gasteiger partial charge in [0.25, 0.3) is 7.82 Å². The zero-order valence-electron chi connectivity index (χ0n) is 60.3. The fraction of sp³-hybridized carbons (Fsp3) is 0. The first-order chi connectivity index (χ1) is 54.0. The molecule has 0 aromatic heterocycles. The third-order valence-corrected chi connectivity index (χ3v) is 0. The summed E-state index contributed by atoms with van der Waals surface area (Å²) >= 11 is 0. The predicted octanol–water partition coefficient (Wildman–Crippen LogP) is -28.7. The zero-order chi connectivity index (χ0) is 122. The van der Waals surface area contributed by atoms with Gasteiger partial charge in [-0.15, -0.1) is 0 Å². The summed E-state index contributed by atoms with van der Waals surface area (Å²) in [5, 5.41) is 0. The van der Waals surface area contributed by atoms with E-state index in [1.807, 2.05) is 0 Å². The molecule has 0 fully saturated rings. The van der Waals surface area contributed by atoms with Crippen LogP contribution in [0.3, 0.4) is 0 Å². The molecule has 0 spiro atoms. The van der Waals surface area contributed by atoms with E-state index in [-0.39, 0.29) is 51.4 Å². The standard InChI is InChI=1S/K.27H3O4P/c;27*1-5(2,3)4/h;27*(H3,1,2,3,4)/q+1;;;;;;;;;;;;;;;;;;;;;;;;;;;/p-1. The second-order valence-electron chi connectivity index (χ2n) is 13.8. The summed E-state index contributed by atoms with van der Waals surface area (Å²) in [4.78, 5) is 584. The van der Waals surface area contributed by atoms with Gasteiger partial charge in [0.05, 0.1) is 0 Å². The first-order valence-corrected chi connectivity index (χ1v) is 63.3. The molecular weight excluding hydrogens is 2600 g/mol. The van der Waals surface area contributed by atoms with E-state index in [4.69, 9.17) is 520 Å². The third-order valence-electron chi connectivity index (χ3n) is 0. The van der Waals surface area contributed by atoms with Crippen LogP contribution in [0.2, 0.25) is 0 Å². The van der Waals surface area contributed by atoms with Crippen molar-refractivity contribution in [1.82, 2.24) is 0 Å². The molecule has 136 heavy (non-hydrogen) atoms. The monoisotopic (exact) mass is 2680 g/mol. The first kappa shape index (κ1) is 216. The molecule has 0 aliphatic carbocycles. The van der Waals surface area contributed by atoms with Gasteiger partial charge in [-0.05, 0) is 0 Å². The van der Waals surface area contributed by atoms with Crippen LogP contribution in [0, 0.1) is 0 Å². The van der Waals surface area contributed by atoms with E-state index < -0.39 is 211 Å². The molecule has 0 aliphatic rings. The number of phosphoric acid groups is 27. The molecule has 0 radical (unpaired) electrons. The van der Waals surface area contributed by atoms with Crippen molar-refractivity contribution in [3.8, 4) is 0 Å². The Kier molecular flexibility index (Phi) is 154. The molecule has 0 heterocycles. The van der Waals surface area contributed by atoms with Gasteiger partial charge in [0.1, 0.15) is 0 Å². The minimum Gasteiger partial charge on any atom is -0.756 e. The maximum Gasteiger partial charge on any atom is 1.00 e. The van der Waals surface area contributed by atoms with Crippen LogP contribution in [0.5, 0.6) is 0 Å². The molecule has 0 saturated heterocycles. The van der Waals surface area contributed by atoms with Crippen LogP contribution in [0.1, 0.15) is 0 Å². The summed E-state index contributed by atoms with van der Waals surface area (Å²) < 4.78 is 240.